The Morgan fingerprint density at radius 2 is 1.95 bits per heavy atom. The molecule has 0 aliphatic carbocycles. The maximum Gasteiger partial charge on any atom is 0.329 e. The van der Waals surface area contributed by atoms with Crippen LogP contribution in [0.2, 0.25) is 0 Å². The number of amides is 2. The molecule has 1 unspecified atom stereocenters. The molecule has 2 rings (SSSR count). The van der Waals surface area contributed by atoms with Crippen molar-refractivity contribution in [1.82, 2.24) is 5.32 Å². The van der Waals surface area contributed by atoms with Crippen LogP contribution in [0.1, 0.15) is 39.2 Å². The monoisotopic (exact) mass is 290 g/mol. The van der Waals surface area contributed by atoms with Crippen molar-refractivity contribution >= 4 is 17.7 Å². The van der Waals surface area contributed by atoms with Crippen molar-refractivity contribution in [2.45, 2.75) is 51.6 Å². The number of fused-ring (bicyclic) bond motifs is 1. The molecule has 0 bridgehead atoms. The van der Waals surface area contributed by atoms with E-state index in [-0.39, 0.29) is 12.1 Å². The average molecular weight is 290 g/mol. The summed E-state index contributed by atoms with van der Waals surface area (Å²) in [6.45, 7) is 5.53. The third-order valence-electron chi connectivity index (χ3n) is 4.39. The molecule has 2 N–H and O–H groups in total. The van der Waals surface area contributed by atoms with Crippen molar-refractivity contribution in [3.05, 3.63) is 29.8 Å². The van der Waals surface area contributed by atoms with Crippen LogP contribution in [0, 0.1) is 0 Å². The molecule has 5 heteroatoms. The van der Waals surface area contributed by atoms with Gasteiger partial charge >= 0.3 is 12.0 Å². The second-order valence-corrected chi connectivity index (χ2v) is 5.58. The van der Waals surface area contributed by atoms with Gasteiger partial charge in [0.1, 0.15) is 5.54 Å². The fourth-order valence-corrected chi connectivity index (χ4v) is 2.92. The molecule has 21 heavy (non-hydrogen) atoms. The highest BCUT2D eigenvalue weighted by atomic mass is 16.4. The van der Waals surface area contributed by atoms with Gasteiger partial charge in [0.2, 0.25) is 0 Å². The van der Waals surface area contributed by atoms with Crippen LogP contribution >= 0.6 is 0 Å². The highest BCUT2D eigenvalue weighted by Crippen LogP contribution is 2.32. The molecule has 1 aliphatic heterocycles. The van der Waals surface area contributed by atoms with Crippen molar-refractivity contribution in [3.8, 4) is 0 Å². The molecule has 114 valence electrons. The fourth-order valence-electron chi connectivity index (χ4n) is 2.92. The summed E-state index contributed by atoms with van der Waals surface area (Å²) in [6.07, 6.45) is 1.50. The van der Waals surface area contributed by atoms with E-state index in [1.807, 2.05) is 31.2 Å². The number of carboxylic acids is 1. The lowest BCUT2D eigenvalue weighted by atomic mass is 9.93. The van der Waals surface area contributed by atoms with Crippen LogP contribution in [-0.4, -0.2) is 28.7 Å². The number of urea groups is 1. The van der Waals surface area contributed by atoms with E-state index < -0.39 is 11.5 Å². The molecule has 0 saturated carbocycles. The summed E-state index contributed by atoms with van der Waals surface area (Å²) in [4.78, 5) is 25.8. The zero-order valence-corrected chi connectivity index (χ0v) is 12.7. The summed E-state index contributed by atoms with van der Waals surface area (Å²) in [7, 11) is 0. The summed E-state index contributed by atoms with van der Waals surface area (Å²) in [5.41, 5.74) is 0.789. The van der Waals surface area contributed by atoms with Crippen molar-refractivity contribution in [3.63, 3.8) is 0 Å². The second kappa shape index (κ2) is 5.76. The van der Waals surface area contributed by atoms with Gasteiger partial charge in [-0.1, -0.05) is 32.0 Å². The number of anilines is 1. The number of hydrogen-bond donors (Lipinski definition) is 2. The molecular weight excluding hydrogens is 268 g/mol. The molecule has 0 aromatic heterocycles. The molecule has 1 atom stereocenters. The molecule has 0 spiro atoms. The summed E-state index contributed by atoms with van der Waals surface area (Å²) in [6, 6.07) is 7.44. The van der Waals surface area contributed by atoms with Gasteiger partial charge in [0.05, 0.1) is 0 Å². The predicted molar refractivity (Wildman–Crippen MR) is 81.6 cm³/mol. The van der Waals surface area contributed by atoms with Gasteiger partial charge in [-0.25, -0.2) is 9.59 Å². The average Bonchev–Trinajstić information content (AvgIpc) is 2.80. The largest absolute Gasteiger partial charge is 0.480 e. The number of carboxylic acid groups (broad SMARTS) is 1. The summed E-state index contributed by atoms with van der Waals surface area (Å²) in [5.74, 6) is -0.985. The van der Waals surface area contributed by atoms with E-state index in [0.29, 0.717) is 12.8 Å². The maximum atomic E-state index is 12.6. The summed E-state index contributed by atoms with van der Waals surface area (Å²) < 4.78 is 0. The van der Waals surface area contributed by atoms with Crippen molar-refractivity contribution in [1.29, 1.82) is 0 Å². The van der Waals surface area contributed by atoms with E-state index in [1.54, 1.807) is 18.7 Å². The number of benzene rings is 1. The number of nitrogens with zero attached hydrogens (tertiary/aromatic N) is 1. The highest BCUT2D eigenvalue weighted by Gasteiger charge is 2.40. The van der Waals surface area contributed by atoms with Gasteiger partial charge in [-0.15, -0.1) is 0 Å². The number of nitrogens with one attached hydrogen (secondary N) is 1. The first-order chi connectivity index (χ1) is 9.95. The van der Waals surface area contributed by atoms with Crippen LogP contribution in [0.25, 0.3) is 0 Å². The first-order valence-corrected chi connectivity index (χ1v) is 7.38. The molecule has 1 aromatic carbocycles. The van der Waals surface area contributed by atoms with Crippen molar-refractivity contribution in [2.75, 3.05) is 4.90 Å². The van der Waals surface area contributed by atoms with Gasteiger partial charge in [0, 0.05) is 11.7 Å². The summed E-state index contributed by atoms with van der Waals surface area (Å²) >= 11 is 0. The van der Waals surface area contributed by atoms with E-state index >= 15 is 0 Å². The van der Waals surface area contributed by atoms with Crippen LogP contribution in [0.4, 0.5) is 10.5 Å². The van der Waals surface area contributed by atoms with E-state index in [2.05, 4.69) is 5.32 Å². The van der Waals surface area contributed by atoms with Gasteiger partial charge < -0.3 is 10.4 Å². The lowest BCUT2D eigenvalue weighted by Gasteiger charge is -2.32. The fraction of sp³-hybridized carbons (Fsp3) is 0.500. The van der Waals surface area contributed by atoms with Gasteiger partial charge in [-0.2, -0.15) is 0 Å². The molecule has 1 aromatic rings. The summed E-state index contributed by atoms with van der Waals surface area (Å²) in [5, 5.41) is 12.2. The van der Waals surface area contributed by atoms with Crippen LogP contribution in [0.15, 0.2) is 24.3 Å². The normalized spacial score (nSPS) is 17.5. The zero-order chi connectivity index (χ0) is 15.6. The van der Waals surface area contributed by atoms with Crippen molar-refractivity contribution in [2.24, 2.45) is 0 Å². The molecule has 1 aliphatic rings. The Hall–Kier alpha value is -2.04. The van der Waals surface area contributed by atoms with E-state index in [9.17, 15) is 14.7 Å². The molecule has 1 heterocycles. The Balaban J connectivity index is 2.26. The molecular formula is C16H22N2O3. The maximum absolute atomic E-state index is 12.6. The Bertz CT molecular complexity index is 552. The van der Waals surface area contributed by atoms with Crippen LogP contribution in [0.5, 0.6) is 0 Å². The van der Waals surface area contributed by atoms with Gasteiger partial charge in [-0.3, -0.25) is 4.90 Å². The van der Waals surface area contributed by atoms with Crippen LogP contribution < -0.4 is 10.2 Å². The highest BCUT2D eigenvalue weighted by molar-refractivity contribution is 5.98. The molecule has 0 saturated heterocycles. The van der Waals surface area contributed by atoms with E-state index in [1.165, 1.54) is 0 Å². The van der Waals surface area contributed by atoms with E-state index in [4.69, 9.17) is 0 Å². The predicted octanol–water partition coefficient (Wildman–Crippen LogP) is 2.79. The van der Waals surface area contributed by atoms with Gasteiger partial charge in [0.15, 0.2) is 0 Å². The van der Waals surface area contributed by atoms with Crippen LogP contribution in [0.3, 0.4) is 0 Å². The minimum Gasteiger partial charge on any atom is -0.480 e. The van der Waals surface area contributed by atoms with Gasteiger partial charge in [-0.05, 0) is 37.8 Å². The number of carbonyl (C=O) groups excluding carboxylic acids is 1. The second-order valence-electron chi connectivity index (χ2n) is 5.58. The molecule has 0 radical (unpaired) electrons. The third-order valence-corrected chi connectivity index (χ3v) is 4.39. The topological polar surface area (TPSA) is 69.6 Å². The Morgan fingerprint density at radius 1 is 1.33 bits per heavy atom. The molecule has 2 amide bonds. The lowest BCUT2D eigenvalue weighted by Crippen LogP contribution is -2.58. The number of carbonyl (C=O) groups is 2. The SMILES string of the molecule is CCC(CC)(NC(=O)N1c2ccccc2CC1C)C(=O)O. The minimum absolute atomic E-state index is 0.0302. The first-order valence-electron chi connectivity index (χ1n) is 7.38. The quantitative estimate of drug-likeness (QED) is 0.896. The molecule has 0 fully saturated rings. The Kier molecular flexibility index (Phi) is 4.21. The van der Waals surface area contributed by atoms with Gasteiger partial charge in [0.25, 0.3) is 0 Å². The standard InChI is InChI=1S/C16H22N2O3/c1-4-16(5-2,14(19)20)17-15(21)18-11(3)10-12-8-6-7-9-13(12)18/h6-9,11H,4-5,10H2,1-3H3,(H,17,21)(H,19,20). The van der Waals surface area contributed by atoms with Crippen LogP contribution in [-0.2, 0) is 11.2 Å². The molecule has 5 nitrogen and oxygen atoms in total. The third kappa shape index (κ3) is 2.60. The number of rotatable bonds is 4. The van der Waals surface area contributed by atoms with Crippen molar-refractivity contribution < 1.29 is 14.7 Å². The zero-order valence-electron chi connectivity index (χ0n) is 12.7. The number of hydrogen-bond acceptors (Lipinski definition) is 2. The van der Waals surface area contributed by atoms with E-state index in [0.717, 1.165) is 17.7 Å². The number of para-hydroxylation sites is 1. The Labute approximate surface area is 125 Å². The smallest absolute Gasteiger partial charge is 0.329 e. The Morgan fingerprint density at radius 3 is 2.52 bits per heavy atom. The lowest BCUT2D eigenvalue weighted by molar-refractivity contribution is -0.144. The number of aliphatic carboxylic acids is 1. The minimum atomic E-state index is -1.20. The first kappa shape index (κ1) is 15.4.